The Morgan fingerprint density at radius 2 is 2.03 bits per heavy atom. The van der Waals surface area contributed by atoms with Crippen molar-refractivity contribution in [1.29, 1.82) is 0 Å². The lowest BCUT2D eigenvalue weighted by Gasteiger charge is -2.36. The number of hydrogen-bond donors (Lipinski definition) is 1. The van der Waals surface area contributed by atoms with E-state index in [1.165, 1.54) is 29.9 Å². The van der Waals surface area contributed by atoms with E-state index in [4.69, 9.17) is 4.74 Å². The second-order valence-corrected chi connectivity index (χ2v) is 7.79. The molecule has 2 amide bonds. The van der Waals surface area contributed by atoms with E-state index < -0.39 is 0 Å². The van der Waals surface area contributed by atoms with Crippen molar-refractivity contribution in [3.05, 3.63) is 59.6 Å². The molecule has 4 rings (SSSR count). The third-order valence-electron chi connectivity index (χ3n) is 4.95. The van der Waals surface area contributed by atoms with Crippen molar-refractivity contribution in [2.75, 3.05) is 43.5 Å². The Morgan fingerprint density at radius 3 is 2.77 bits per heavy atom. The van der Waals surface area contributed by atoms with Crippen LogP contribution in [0.4, 0.5) is 10.8 Å². The highest BCUT2D eigenvalue weighted by atomic mass is 32.1. The summed E-state index contributed by atoms with van der Waals surface area (Å²) in [7, 11) is 1.65. The molecule has 1 N–H and O–H groups in total. The predicted molar refractivity (Wildman–Crippen MR) is 118 cm³/mol. The molecule has 0 radical (unpaired) electrons. The number of piperazine rings is 1. The fourth-order valence-corrected chi connectivity index (χ4v) is 4.02. The molecule has 0 atom stereocenters. The van der Waals surface area contributed by atoms with E-state index in [0.29, 0.717) is 23.9 Å². The molecule has 31 heavy (non-hydrogen) atoms. The number of nitrogens with one attached hydrogen (secondary N) is 1. The van der Waals surface area contributed by atoms with Crippen LogP contribution in [0.3, 0.4) is 0 Å². The number of methoxy groups -OCH3 is 1. The van der Waals surface area contributed by atoms with Crippen molar-refractivity contribution >= 4 is 34.0 Å². The van der Waals surface area contributed by atoms with Crippen molar-refractivity contribution < 1.29 is 14.3 Å². The normalized spacial score (nSPS) is 13.7. The number of rotatable bonds is 6. The molecule has 9 nitrogen and oxygen atoms in total. The second-order valence-electron chi connectivity index (χ2n) is 6.93. The van der Waals surface area contributed by atoms with Gasteiger partial charge in [0.2, 0.25) is 5.91 Å². The van der Waals surface area contributed by atoms with Crippen LogP contribution in [-0.4, -0.2) is 65.0 Å². The third kappa shape index (κ3) is 5.15. The molecule has 1 fully saturated rings. The molecule has 1 aliphatic heterocycles. The van der Waals surface area contributed by atoms with Gasteiger partial charge < -0.3 is 14.5 Å². The number of ether oxygens (including phenoxy) is 1. The van der Waals surface area contributed by atoms with Crippen LogP contribution in [0.1, 0.15) is 16.2 Å². The molecule has 160 valence electrons. The summed E-state index contributed by atoms with van der Waals surface area (Å²) in [6.07, 6.45) is 4.55. The van der Waals surface area contributed by atoms with E-state index in [1.54, 1.807) is 12.5 Å². The van der Waals surface area contributed by atoms with E-state index in [1.807, 2.05) is 29.2 Å². The first kappa shape index (κ1) is 20.7. The van der Waals surface area contributed by atoms with Gasteiger partial charge in [0.05, 0.1) is 25.4 Å². The molecule has 0 spiro atoms. The molecule has 3 heterocycles. The summed E-state index contributed by atoms with van der Waals surface area (Å²) in [6.45, 7) is 2.82. The van der Waals surface area contributed by atoms with Gasteiger partial charge in [-0.2, -0.15) is 0 Å². The van der Waals surface area contributed by atoms with Crippen molar-refractivity contribution in [3.8, 4) is 5.75 Å². The second kappa shape index (κ2) is 9.52. The molecule has 1 aromatic carbocycles. The van der Waals surface area contributed by atoms with Gasteiger partial charge in [-0.1, -0.05) is 6.07 Å². The summed E-state index contributed by atoms with van der Waals surface area (Å²) < 4.78 is 5.29. The lowest BCUT2D eigenvalue weighted by Crippen LogP contribution is -2.49. The van der Waals surface area contributed by atoms with E-state index in [9.17, 15) is 9.59 Å². The molecular weight excluding hydrogens is 416 g/mol. The van der Waals surface area contributed by atoms with E-state index in [2.05, 4.69) is 25.2 Å². The maximum Gasteiger partial charge on any atom is 0.277 e. The first-order chi connectivity index (χ1) is 15.1. The first-order valence-corrected chi connectivity index (χ1v) is 10.7. The SMILES string of the molecule is COc1cccc(N2CCN(C(=O)Cc3csc(NC(=O)c4cnccn4)n3)CC2)c1. The van der Waals surface area contributed by atoms with Crippen LogP contribution in [0.2, 0.25) is 0 Å². The summed E-state index contributed by atoms with van der Waals surface area (Å²) >= 11 is 1.28. The van der Waals surface area contributed by atoms with Crippen molar-refractivity contribution in [1.82, 2.24) is 19.9 Å². The molecule has 1 saturated heterocycles. The van der Waals surface area contributed by atoms with Crippen LogP contribution >= 0.6 is 11.3 Å². The van der Waals surface area contributed by atoms with Gasteiger partial charge in [0, 0.05) is 55.7 Å². The van der Waals surface area contributed by atoms with E-state index in [-0.39, 0.29) is 23.9 Å². The highest BCUT2D eigenvalue weighted by molar-refractivity contribution is 7.14. The number of aromatic nitrogens is 3. The third-order valence-corrected chi connectivity index (χ3v) is 5.76. The summed E-state index contributed by atoms with van der Waals surface area (Å²) in [5.41, 5.74) is 1.94. The molecule has 3 aromatic rings. The minimum Gasteiger partial charge on any atom is -0.497 e. The fraction of sp³-hybridized carbons (Fsp3) is 0.286. The Labute approximate surface area is 183 Å². The van der Waals surface area contributed by atoms with Gasteiger partial charge in [-0.05, 0) is 12.1 Å². The molecular formula is C21H22N6O3S. The molecule has 0 aliphatic carbocycles. The zero-order valence-corrected chi connectivity index (χ0v) is 17.8. The zero-order valence-electron chi connectivity index (χ0n) is 17.0. The average Bonchev–Trinajstić information content (AvgIpc) is 3.26. The Hall–Kier alpha value is -3.53. The highest BCUT2D eigenvalue weighted by Crippen LogP contribution is 2.22. The molecule has 10 heteroatoms. The minimum atomic E-state index is -0.381. The largest absolute Gasteiger partial charge is 0.497 e. The average molecular weight is 439 g/mol. The van der Waals surface area contributed by atoms with Gasteiger partial charge in [-0.15, -0.1) is 11.3 Å². The molecule has 0 bridgehead atoms. The quantitative estimate of drug-likeness (QED) is 0.629. The number of anilines is 2. The number of hydrogen-bond acceptors (Lipinski definition) is 8. The Balaban J connectivity index is 1.29. The van der Waals surface area contributed by atoms with Crippen LogP contribution in [0, 0.1) is 0 Å². The van der Waals surface area contributed by atoms with Gasteiger partial charge in [-0.25, -0.2) is 9.97 Å². The molecule has 1 aliphatic rings. The molecule has 0 unspecified atom stereocenters. The predicted octanol–water partition coefficient (Wildman–Crippen LogP) is 2.09. The number of thiazole rings is 1. The maximum absolute atomic E-state index is 12.7. The number of carbonyl (C=O) groups excluding carboxylic acids is 2. The topological polar surface area (TPSA) is 101 Å². The fourth-order valence-electron chi connectivity index (χ4n) is 3.31. The van der Waals surface area contributed by atoms with Gasteiger partial charge >= 0.3 is 0 Å². The Bertz CT molecular complexity index is 1050. The van der Waals surface area contributed by atoms with Gasteiger partial charge in [0.25, 0.3) is 5.91 Å². The number of benzene rings is 1. The molecule has 0 saturated carbocycles. The van der Waals surface area contributed by atoms with Crippen molar-refractivity contribution in [2.45, 2.75) is 6.42 Å². The standard InChI is InChI=1S/C21H22N6O3S/c1-30-17-4-2-3-16(12-17)26-7-9-27(10-8-26)19(28)11-15-14-31-21(24-15)25-20(29)18-13-22-5-6-23-18/h2-6,12-14H,7-11H2,1H3,(H,24,25,29). The summed E-state index contributed by atoms with van der Waals surface area (Å²) in [5, 5.41) is 4.91. The van der Waals surface area contributed by atoms with Crippen LogP contribution in [0.15, 0.2) is 48.2 Å². The lowest BCUT2D eigenvalue weighted by molar-refractivity contribution is -0.130. The first-order valence-electron chi connectivity index (χ1n) is 9.81. The number of carbonyl (C=O) groups is 2. The van der Waals surface area contributed by atoms with Gasteiger partial charge in [0.1, 0.15) is 11.4 Å². The lowest BCUT2D eigenvalue weighted by atomic mass is 10.2. The van der Waals surface area contributed by atoms with Crippen molar-refractivity contribution in [2.24, 2.45) is 0 Å². The number of amides is 2. The maximum atomic E-state index is 12.7. The Kier molecular flexibility index (Phi) is 6.37. The van der Waals surface area contributed by atoms with Crippen LogP contribution in [0.5, 0.6) is 5.75 Å². The zero-order chi connectivity index (χ0) is 21.6. The van der Waals surface area contributed by atoms with E-state index in [0.717, 1.165) is 24.5 Å². The smallest absolute Gasteiger partial charge is 0.277 e. The Morgan fingerprint density at radius 1 is 1.19 bits per heavy atom. The highest BCUT2D eigenvalue weighted by Gasteiger charge is 2.22. The number of nitrogens with zero attached hydrogens (tertiary/aromatic N) is 5. The van der Waals surface area contributed by atoms with E-state index >= 15 is 0 Å². The monoisotopic (exact) mass is 438 g/mol. The summed E-state index contributed by atoms with van der Waals surface area (Å²) in [4.78, 5) is 41.2. The summed E-state index contributed by atoms with van der Waals surface area (Å²) in [6, 6.07) is 7.94. The van der Waals surface area contributed by atoms with Gasteiger partial charge in [-0.3, -0.25) is 19.9 Å². The van der Waals surface area contributed by atoms with Crippen LogP contribution < -0.4 is 15.0 Å². The summed E-state index contributed by atoms with van der Waals surface area (Å²) in [5.74, 6) is 0.470. The minimum absolute atomic E-state index is 0.0300. The van der Waals surface area contributed by atoms with Gasteiger partial charge in [0.15, 0.2) is 5.13 Å². The molecule has 2 aromatic heterocycles. The van der Waals surface area contributed by atoms with Crippen LogP contribution in [-0.2, 0) is 11.2 Å². The van der Waals surface area contributed by atoms with Crippen molar-refractivity contribution in [3.63, 3.8) is 0 Å². The van der Waals surface area contributed by atoms with Crippen LogP contribution in [0.25, 0.3) is 0 Å².